The summed E-state index contributed by atoms with van der Waals surface area (Å²) < 4.78 is 5.27. The number of rotatable bonds is 5. The number of benzene rings is 1. The van der Waals surface area contributed by atoms with Crippen LogP contribution < -0.4 is 10.6 Å². The molecular formula is C15H17ClN2O2. The summed E-state index contributed by atoms with van der Waals surface area (Å²) in [4.78, 5) is 11.9. The first-order valence-electron chi connectivity index (χ1n) is 6.39. The van der Waals surface area contributed by atoms with Gasteiger partial charge in [-0.1, -0.05) is 11.6 Å². The summed E-state index contributed by atoms with van der Waals surface area (Å²) in [6.45, 7) is 4.06. The zero-order valence-electron chi connectivity index (χ0n) is 11.4. The molecule has 0 aliphatic heterocycles. The Morgan fingerprint density at radius 3 is 2.85 bits per heavy atom. The van der Waals surface area contributed by atoms with Crippen LogP contribution in [0.2, 0.25) is 5.02 Å². The summed E-state index contributed by atoms with van der Waals surface area (Å²) in [5.74, 6) is 0.703. The van der Waals surface area contributed by atoms with Crippen LogP contribution in [-0.2, 0) is 4.79 Å². The normalized spacial score (nSPS) is 12.2. The predicted octanol–water partition coefficient (Wildman–Crippen LogP) is 3.53. The predicted molar refractivity (Wildman–Crippen MR) is 79.9 cm³/mol. The van der Waals surface area contributed by atoms with Gasteiger partial charge in [0.1, 0.15) is 5.76 Å². The highest BCUT2D eigenvalue weighted by Crippen LogP contribution is 2.19. The van der Waals surface area contributed by atoms with Gasteiger partial charge < -0.3 is 9.73 Å². The minimum absolute atomic E-state index is 0.0120. The number of anilines is 1. The fourth-order valence-electron chi connectivity index (χ4n) is 1.85. The maximum absolute atomic E-state index is 11.9. The molecule has 2 N–H and O–H groups in total. The van der Waals surface area contributed by atoms with E-state index in [1.54, 1.807) is 18.4 Å². The standard InChI is InChI=1S/C15H17ClN2O2/c1-10-8-12(16)5-6-13(10)18-15(19)9-17-11(2)14-4-3-7-20-14/h3-8,11,17H,9H2,1-2H3,(H,18,19)/t11-/m0/s1. The Labute approximate surface area is 123 Å². The van der Waals surface area contributed by atoms with Crippen molar-refractivity contribution in [2.24, 2.45) is 0 Å². The molecular weight excluding hydrogens is 276 g/mol. The minimum atomic E-state index is -0.103. The minimum Gasteiger partial charge on any atom is -0.468 e. The Bertz CT molecular complexity index is 582. The average Bonchev–Trinajstić information content (AvgIpc) is 2.93. The lowest BCUT2D eigenvalue weighted by atomic mass is 10.2. The number of amides is 1. The third-order valence-electron chi connectivity index (χ3n) is 3.00. The first-order valence-corrected chi connectivity index (χ1v) is 6.77. The third kappa shape index (κ3) is 3.85. The molecule has 0 spiro atoms. The monoisotopic (exact) mass is 292 g/mol. The summed E-state index contributed by atoms with van der Waals surface area (Å²) in [6, 6.07) is 9.05. The maximum Gasteiger partial charge on any atom is 0.238 e. The third-order valence-corrected chi connectivity index (χ3v) is 3.24. The van der Waals surface area contributed by atoms with Crippen LogP contribution in [0.4, 0.5) is 5.69 Å². The van der Waals surface area contributed by atoms with Crippen LogP contribution in [-0.4, -0.2) is 12.5 Å². The second-order valence-electron chi connectivity index (χ2n) is 4.63. The van der Waals surface area contributed by atoms with E-state index >= 15 is 0 Å². The lowest BCUT2D eigenvalue weighted by molar-refractivity contribution is -0.115. The van der Waals surface area contributed by atoms with Crippen molar-refractivity contribution in [3.63, 3.8) is 0 Å². The lowest BCUT2D eigenvalue weighted by Crippen LogP contribution is -2.30. The highest BCUT2D eigenvalue weighted by Gasteiger charge is 2.10. The highest BCUT2D eigenvalue weighted by molar-refractivity contribution is 6.30. The highest BCUT2D eigenvalue weighted by atomic mass is 35.5. The molecule has 0 unspecified atom stereocenters. The van der Waals surface area contributed by atoms with Crippen LogP contribution in [0.25, 0.3) is 0 Å². The molecule has 1 aromatic heterocycles. The molecule has 0 saturated carbocycles. The smallest absolute Gasteiger partial charge is 0.238 e. The molecule has 2 aromatic rings. The van der Waals surface area contributed by atoms with E-state index in [0.717, 1.165) is 17.0 Å². The molecule has 1 aromatic carbocycles. The fraction of sp³-hybridized carbons (Fsp3) is 0.267. The largest absolute Gasteiger partial charge is 0.468 e. The van der Waals surface area contributed by atoms with Crippen molar-refractivity contribution in [3.8, 4) is 0 Å². The zero-order chi connectivity index (χ0) is 14.5. The van der Waals surface area contributed by atoms with Gasteiger partial charge in [-0.15, -0.1) is 0 Å². The molecule has 106 valence electrons. The molecule has 0 aliphatic rings. The van der Waals surface area contributed by atoms with E-state index in [0.29, 0.717) is 5.02 Å². The molecule has 20 heavy (non-hydrogen) atoms. The Kier molecular flexibility index (Phi) is 4.82. The second-order valence-corrected chi connectivity index (χ2v) is 5.06. The van der Waals surface area contributed by atoms with Gasteiger partial charge in [0.2, 0.25) is 5.91 Å². The number of carbonyl (C=O) groups excluding carboxylic acids is 1. The average molecular weight is 293 g/mol. The van der Waals surface area contributed by atoms with E-state index in [-0.39, 0.29) is 18.5 Å². The molecule has 0 saturated heterocycles. The summed E-state index contributed by atoms with van der Waals surface area (Å²) in [7, 11) is 0. The van der Waals surface area contributed by atoms with Gasteiger partial charge in [0.25, 0.3) is 0 Å². The number of nitrogens with one attached hydrogen (secondary N) is 2. The van der Waals surface area contributed by atoms with Gasteiger partial charge in [-0.25, -0.2) is 0 Å². The topological polar surface area (TPSA) is 54.3 Å². The fourth-order valence-corrected chi connectivity index (χ4v) is 2.07. The van der Waals surface area contributed by atoms with Gasteiger partial charge in [0.05, 0.1) is 18.8 Å². The van der Waals surface area contributed by atoms with Crippen molar-refractivity contribution in [3.05, 3.63) is 52.9 Å². The van der Waals surface area contributed by atoms with Crippen molar-refractivity contribution in [2.45, 2.75) is 19.9 Å². The maximum atomic E-state index is 11.9. The summed E-state index contributed by atoms with van der Waals surface area (Å²) in [5, 5.41) is 6.61. The number of furan rings is 1. The number of hydrogen-bond acceptors (Lipinski definition) is 3. The van der Waals surface area contributed by atoms with E-state index in [2.05, 4.69) is 10.6 Å². The van der Waals surface area contributed by atoms with Gasteiger partial charge in [0, 0.05) is 10.7 Å². The summed E-state index contributed by atoms with van der Waals surface area (Å²) in [5.41, 5.74) is 1.71. The van der Waals surface area contributed by atoms with Gasteiger partial charge in [-0.3, -0.25) is 10.1 Å². The van der Waals surface area contributed by atoms with Crippen LogP contribution in [0.15, 0.2) is 41.0 Å². The van der Waals surface area contributed by atoms with E-state index in [1.807, 2.05) is 32.0 Å². The molecule has 0 bridgehead atoms. The summed E-state index contributed by atoms with van der Waals surface area (Å²) >= 11 is 5.88. The first kappa shape index (κ1) is 14.6. The van der Waals surface area contributed by atoms with E-state index in [9.17, 15) is 4.79 Å². The molecule has 0 aliphatic carbocycles. The van der Waals surface area contributed by atoms with Crippen molar-refractivity contribution in [2.75, 3.05) is 11.9 Å². The molecule has 0 fully saturated rings. The van der Waals surface area contributed by atoms with E-state index < -0.39 is 0 Å². The molecule has 1 heterocycles. The first-order chi connectivity index (χ1) is 9.56. The Hall–Kier alpha value is -1.78. The quantitative estimate of drug-likeness (QED) is 0.886. The molecule has 0 radical (unpaired) electrons. The van der Waals surface area contributed by atoms with Crippen molar-refractivity contribution < 1.29 is 9.21 Å². The van der Waals surface area contributed by atoms with Gasteiger partial charge in [-0.2, -0.15) is 0 Å². The lowest BCUT2D eigenvalue weighted by Gasteiger charge is -2.12. The van der Waals surface area contributed by atoms with Crippen molar-refractivity contribution in [1.29, 1.82) is 0 Å². The SMILES string of the molecule is Cc1cc(Cl)ccc1NC(=O)CN[C@@H](C)c1ccco1. The molecule has 1 amide bonds. The molecule has 5 heteroatoms. The van der Waals surface area contributed by atoms with E-state index in [4.69, 9.17) is 16.0 Å². The second kappa shape index (κ2) is 6.59. The number of hydrogen-bond donors (Lipinski definition) is 2. The van der Waals surface area contributed by atoms with Gasteiger partial charge >= 0.3 is 0 Å². The van der Waals surface area contributed by atoms with Crippen LogP contribution in [0, 0.1) is 6.92 Å². The Morgan fingerprint density at radius 2 is 2.20 bits per heavy atom. The van der Waals surface area contributed by atoms with E-state index in [1.165, 1.54) is 0 Å². The van der Waals surface area contributed by atoms with Crippen LogP contribution in [0.1, 0.15) is 24.3 Å². The number of halogens is 1. The molecule has 4 nitrogen and oxygen atoms in total. The number of carbonyl (C=O) groups is 1. The van der Waals surface area contributed by atoms with Crippen LogP contribution >= 0.6 is 11.6 Å². The van der Waals surface area contributed by atoms with Gasteiger partial charge in [-0.05, 0) is 49.7 Å². The zero-order valence-corrected chi connectivity index (χ0v) is 12.2. The molecule has 1 atom stereocenters. The van der Waals surface area contributed by atoms with Crippen LogP contribution in [0.5, 0.6) is 0 Å². The Morgan fingerprint density at radius 1 is 1.40 bits per heavy atom. The van der Waals surface area contributed by atoms with Crippen molar-refractivity contribution >= 4 is 23.2 Å². The number of aryl methyl sites for hydroxylation is 1. The van der Waals surface area contributed by atoms with Gasteiger partial charge in [0.15, 0.2) is 0 Å². The molecule has 2 rings (SSSR count). The van der Waals surface area contributed by atoms with Crippen LogP contribution in [0.3, 0.4) is 0 Å². The summed E-state index contributed by atoms with van der Waals surface area (Å²) in [6.07, 6.45) is 1.62. The Balaban J connectivity index is 1.86. The van der Waals surface area contributed by atoms with Crippen molar-refractivity contribution in [1.82, 2.24) is 5.32 Å².